The number of hydrogen-bond acceptors (Lipinski definition) is 4. The molecule has 0 aliphatic rings. The van der Waals surface area contributed by atoms with E-state index < -0.39 is 0 Å². The van der Waals surface area contributed by atoms with Crippen LogP contribution in [-0.2, 0) is 4.74 Å². The minimum absolute atomic E-state index is 0.103. The lowest BCUT2D eigenvalue weighted by Crippen LogP contribution is -2.12. The lowest BCUT2D eigenvalue weighted by Gasteiger charge is -2.19. The van der Waals surface area contributed by atoms with Crippen molar-refractivity contribution in [3.8, 4) is 0 Å². The highest BCUT2D eigenvalue weighted by molar-refractivity contribution is 9.11. The average Bonchev–Trinajstić information content (AvgIpc) is 2.86. The lowest BCUT2D eigenvalue weighted by atomic mass is 10.1. The molecule has 1 N–H and O–H groups in total. The fourth-order valence-corrected chi connectivity index (χ4v) is 4.38. The SMILES string of the molecule is COC(=O)c1cc(Br)cc(Br)c1NC(C)c1sccc1C. The summed E-state index contributed by atoms with van der Waals surface area (Å²) < 4.78 is 6.50. The second-order valence-corrected chi connectivity index (χ2v) is 7.35. The Morgan fingerprint density at radius 2 is 2.10 bits per heavy atom. The Morgan fingerprint density at radius 3 is 2.67 bits per heavy atom. The number of thiophene rings is 1. The van der Waals surface area contributed by atoms with Crippen molar-refractivity contribution < 1.29 is 9.53 Å². The monoisotopic (exact) mass is 431 g/mol. The first-order valence-corrected chi connectivity index (χ1v) is 8.78. The number of halogens is 2. The van der Waals surface area contributed by atoms with Crippen LogP contribution >= 0.6 is 43.2 Å². The van der Waals surface area contributed by atoms with Gasteiger partial charge in [-0.05, 0) is 58.9 Å². The van der Waals surface area contributed by atoms with Crippen LogP contribution in [0.3, 0.4) is 0 Å². The number of ether oxygens (including phenoxy) is 1. The molecule has 21 heavy (non-hydrogen) atoms. The summed E-state index contributed by atoms with van der Waals surface area (Å²) in [7, 11) is 1.38. The molecule has 2 aromatic rings. The molecule has 2 rings (SSSR count). The molecule has 0 aliphatic carbocycles. The minimum Gasteiger partial charge on any atom is -0.465 e. The normalized spacial score (nSPS) is 12.0. The Kier molecular flexibility index (Phi) is 5.46. The maximum atomic E-state index is 12.0. The van der Waals surface area contributed by atoms with Crippen LogP contribution in [-0.4, -0.2) is 13.1 Å². The van der Waals surface area contributed by atoms with Gasteiger partial charge in [-0.2, -0.15) is 0 Å². The van der Waals surface area contributed by atoms with Gasteiger partial charge in [0.25, 0.3) is 0 Å². The van der Waals surface area contributed by atoms with Crippen molar-refractivity contribution >= 4 is 54.9 Å². The summed E-state index contributed by atoms with van der Waals surface area (Å²) in [6.45, 7) is 4.16. The Morgan fingerprint density at radius 1 is 1.38 bits per heavy atom. The third-order valence-electron chi connectivity index (χ3n) is 3.12. The Labute approximate surface area is 145 Å². The first kappa shape index (κ1) is 16.5. The van der Waals surface area contributed by atoms with Crippen molar-refractivity contribution in [1.29, 1.82) is 0 Å². The van der Waals surface area contributed by atoms with E-state index in [1.165, 1.54) is 17.6 Å². The zero-order valence-corrected chi connectivity index (χ0v) is 15.9. The number of aryl methyl sites for hydroxylation is 1. The molecule has 0 amide bonds. The highest BCUT2D eigenvalue weighted by atomic mass is 79.9. The lowest BCUT2D eigenvalue weighted by molar-refractivity contribution is 0.0601. The van der Waals surface area contributed by atoms with Crippen LogP contribution in [0.2, 0.25) is 0 Å². The molecule has 0 saturated carbocycles. The molecule has 1 atom stereocenters. The number of benzene rings is 1. The molecule has 0 spiro atoms. The molecule has 6 heteroatoms. The second kappa shape index (κ2) is 6.94. The first-order chi connectivity index (χ1) is 9.93. The van der Waals surface area contributed by atoms with Gasteiger partial charge in [0.1, 0.15) is 0 Å². The van der Waals surface area contributed by atoms with Crippen molar-refractivity contribution in [2.75, 3.05) is 12.4 Å². The van der Waals surface area contributed by atoms with Gasteiger partial charge in [0.2, 0.25) is 0 Å². The van der Waals surface area contributed by atoms with Crippen LogP contribution in [0.15, 0.2) is 32.5 Å². The van der Waals surface area contributed by atoms with Crippen LogP contribution in [0, 0.1) is 6.92 Å². The van der Waals surface area contributed by atoms with Gasteiger partial charge in [-0.1, -0.05) is 15.9 Å². The maximum absolute atomic E-state index is 12.0. The highest BCUT2D eigenvalue weighted by Gasteiger charge is 2.19. The second-order valence-electron chi connectivity index (χ2n) is 4.64. The predicted molar refractivity (Wildman–Crippen MR) is 94.3 cm³/mol. The molecule has 0 fully saturated rings. The fourth-order valence-electron chi connectivity index (χ4n) is 2.10. The Bertz CT molecular complexity index is 670. The van der Waals surface area contributed by atoms with Gasteiger partial charge in [-0.15, -0.1) is 11.3 Å². The molecule has 0 radical (unpaired) electrons. The molecular formula is C15H15Br2NO2S. The Hall–Kier alpha value is -0.850. The number of methoxy groups -OCH3 is 1. The fraction of sp³-hybridized carbons (Fsp3) is 0.267. The van der Waals surface area contributed by atoms with Gasteiger partial charge in [0, 0.05) is 13.8 Å². The van der Waals surface area contributed by atoms with E-state index in [-0.39, 0.29) is 12.0 Å². The van der Waals surface area contributed by atoms with E-state index in [2.05, 4.69) is 62.5 Å². The van der Waals surface area contributed by atoms with Gasteiger partial charge in [-0.25, -0.2) is 4.79 Å². The average molecular weight is 433 g/mol. The van der Waals surface area contributed by atoms with Gasteiger partial charge in [0.15, 0.2) is 0 Å². The minimum atomic E-state index is -0.366. The summed E-state index contributed by atoms with van der Waals surface area (Å²) in [5.41, 5.74) is 2.48. The van der Waals surface area contributed by atoms with Crippen molar-refractivity contribution in [3.05, 3.63) is 48.5 Å². The summed E-state index contributed by atoms with van der Waals surface area (Å²) in [5.74, 6) is -0.366. The number of carbonyl (C=O) groups is 1. The number of esters is 1. The van der Waals surface area contributed by atoms with E-state index in [0.717, 1.165) is 14.6 Å². The van der Waals surface area contributed by atoms with Gasteiger partial charge in [-0.3, -0.25) is 0 Å². The molecule has 0 saturated heterocycles. The summed E-state index contributed by atoms with van der Waals surface area (Å²) >= 11 is 8.61. The van der Waals surface area contributed by atoms with E-state index in [0.29, 0.717) is 5.56 Å². The first-order valence-electron chi connectivity index (χ1n) is 6.32. The predicted octanol–water partition coefficient (Wildman–Crippen LogP) is 5.54. The van der Waals surface area contributed by atoms with E-state index >= 15 is 0 Å². The van der Waals surface area contributed by atoms with Crippen LogP contribution in [0.1, 0.15) is 33.8 Å². The van der Waals surface area contributed by atoms with E-state index in [1.807, 2.05) is 6.07 Å². The van der Waals surface area contributed by atoms with E-state index in [4.69, 9.17) is 4.74 Å². The molecule has 1 heterocycles. The van der Waals surface area contributed by atoms with Crippen LogP contribution in [0.25, 0.3) is 0 Å². The summed E-state index contributed by atoms with van der Waals surface area (Å²) in [5, 5.41) is 5.48. The van der Waals surface area contributed by atoms with Crippen molar-refractivity contribution in [1.82, 2.24) is 0 Å². The molecule has 3 nitrogen and oxygen atoms in total. The molecule has 0 aliphatic heterocycles. The molecular weight excluding hydrogens is 418 g/mol. The molecule has 112 valence electrons. The summed E-state index contributed by atoms with van der Waals surface area (Å²) in [4.78, 5) is 13.2. The van der Waals surface area contributed by atoms with Crippen molar-refractivity contribution in [3.63, 3.8) is 0 Å². The van der Waals surface area contributed by atoms with Crippen LogP contribution in [0.5, 0.6) is 0 Å². The number of hydrogen-bond donors (Lipinski definition) is 1. The maximum Gasteiger partial charge on any atom is 0.340 e. The highest BCUT2D eigenvalue weighted by Crippen LogP contribution is 2.35. The topological polar surface area (TPSA) is 38.3 Å². The third-order valence-corrected chi connectivity index (χ3v) is 5.40. The van der Waals surface area contributed by atoms with Crippen LogP contribution < -0.4 is 5.32 Å². The molecule has 1 unspecified atom stereocenters. The zero-order valence-electron chi connectivity index (χ0n) is 11.9. The largest absolute Gasteiger partial charge is 0.465 e. The molecule has 1 aromatic carbocycles. The number of carbonyl (C=O) groups excluding carboxylic acids is 1. The third kappa shape index (κ3) is 3.67. The summed E-state index contributed by atoms with van der Waals surface area (Å²) in [6, 6.07) is 5.86. The van der Waals surface area contributed by atoms with Gasteiger partial charge in [0.05, 0.1) is 24.4 Å². The van der Waals surface area contributed by atoms with Gasteiger partial charge < -0.3 is 10.1 Å². The van der Waals surface area contributed by atoms with Crippen molar-refractivity contribution in [2.45, 2.75) is 19.9 Å². The molecule has 1 aromatic heterocycles. The number of anilines is 1. The molecule has 0 bridgehead atoms. The quantitative estimate of drug-likeness (QED) is 0.644. The Balaban J connectivity index is 2.39. The van der Waals surface area contributed by atoms with E-state index in [1.54, 1.807) is 17.4 Å². The zero-order chi connectivity index (χ0) is 15.6. The van der Waals surface area contributed by atoms with E-state index in [9.17, 15) is 4.79 Å². The smallest absolute Gasteiger partial charge is 0.340 e. The number of rotatable bonds is 4. The standard InChI is InChI=1S/C15H15Br2NO2S/c1-8-4-5-21-14(8)9(2)18-13-11(15(19)20-3)6-10(16)7-12(13)17/h4-7,9,18H,1-3H3. The number of nitrogens with one attached hydrogen (secondary N) is 1. The van der Waals surface area contributed by atoms with Gasteiger partial charge >= 0.3 is 5.97 Å². The van der Waals surface area contributed by atoms with Crippen molar-refractivity contribution in [2.24, 2.45) is 0 Å². The van der Waals surface area contributed by atoms with Crippen LogP contribution in [0.4, 0.5) is 5.69 Å². The summed E-state index contributed by atoms with van der Waals surface area (Å²) in [6.07, 6.45) is 0.